The van der Waals surface area contributed by atoms with Gasteiger partial charge in [-0.3, -0.25) is 14.7 Å². The van der Waals surface area contributed by atoms with Crippen LogP contribution in [0.25, 0.3) is 10.7 Å². The molecule has 2 unspecified atom stereocenters. The number of hydrogen-bond acceptors (Lipinski definition) is 7. The molecular weight excluding hydrogens is 384 g/mol. The fourth-order valence-electron chi connectivity index (χ4n) is 3.84. The Bertz CT molecular complexity index is 937. The van der Waals surface area contributed by atoms with Crippen LogP contribution in [0, 0.1) is 6.92 Å². The Hall–Kier alpha value is -1.84. The lowest BCUT2D eigenvalue weighted by Crippen LogP contribution is -2.50. The van der Waals surface area contributed by atoms with Crippen molar-refractivity contribution in [3.05, 3.63) is 35.0 Å². The van der Waals surface area contributed by atoms with E-state index in [9.17, 15) is 13.2 Å². The van der Waals surface area contributed by atoms with Gasteiger partial charge in [0.05, 0.1) is 28.9 Å². The van der Waals surface area contributed by atoms with Gasteiger partial charge in [-0.1, -0.05) is 6.07 Å². The molecule has 2 aliphatic heterocycles. The van der Waals surface area contributed by atoms with Crippen LogP contribution < -0.4 is 5.32 Å². The van der Waals surface area contributed by atoms with Crippen LogP contribution in [0.2, 0.25) is 0 Å². The minimum atomic E-state index is -3.14. The van der Waals surface area contributed by atoms with Crippen LogP contribution in [0.15, 0.2) is 24.4 Å². The molecule has 2 aliphatic rings. The second-order valence-electron chi connectivity index (χ2n) is 7.12. The van der Waals surface area contributed by atoms with Gasteiger partial charge in [0, 0.05) is 12.2 Å². The monoisotopic (exact) mass is 406 g/mol. The number of thiazole rings is 1. The largest absolute Gasteiger partial charge is 0.346 e. The lowest BCUT2D eigenvalue weighted by molar-refractivity contribution is 0.0922. The third-order valence-electron chi connectivity index (χ3n) is 5.14. The lowest BCUT2D eigenvalue weighted by atomic mass is 10.1. The van der Waals surface area contributed by atoms with Crippen molar-refractivity contribution >= 4 is 27.1 Å². The third kappa shape index (κ3) is 3.90. The van der Waals surface area contributed by atoms with E-state index < -0.39 is 9.84 Å². The lowest BCUT2D eigenvalue weighted by Gasteiger charge is -2.28. The van der Waals surface area contributed by atoms with Crippen molar-refractivity contribution in [2.75, 3.05) is 24.6 Å². The van der Waals surface area contributed by atoms with Gasteiger partial charge >= 0.3 is 0 Å². The number of hydrogen-bond donors (Lipinski definition) is 1. The summed E-state index contributed by atoms with van der Waals surface area (Å²) in [7, 11) is -3.14. The van der Waals surface area contributed by atoms with E-state index in [1.54, 1.807) is 13.1 Å². The Kier molecular flexibility index (Phi) is 5.00. The predicted octanol–water partition coefficient (Wildman–Crippen LogP) is 1.50. The molecule has 2 aromatic heterocycles. The van der Waals surface area contributed by atoms with Crippen LogP contribution in [0.1, 0.15) is 28.2 Å². The number of sulfone groups is 1. The summed E-state index contributed by atoms with van der Waals surface area (Å²) in [6, 6.07) is 5.05. The van der Waals surface area contributed by atoms with Crippen LogP contribution in [-0.4, -0.2) is 65.9 Å². The molecule has 0 bridgehead atoms. The van der Waals surface area contributed by atoms with E-state index >= 15 is 0 Å². The maximum Gasteiger partial charge on any atom is 0.263 e. The highest BCUT2D eigenvalue weighted by Crippen LogP contribution is 2.27. The molecule has 144 valence electrons. The molecule has 0 saturated carbocycles. The standard InChI is InChI=1S/C18H22N4O3S2/c1-12-16(26-18(20-12)13-6-2-3-7-19-13)17(23)21-14-10-27(24,25)11-15(14)22-8-4-5-9-22/h2-3,6-7,14-15H,4-5,8-11H2,1H3,(H,21,23). The Morgan fingerprint density at radius 1 is 1.26 bits per heavy atom. The maximum absolute atomic E-state index is 12.9. The first-order valence-corrected chi connectivity index (χ1v) is 11.7. The summed E-state index contributed by atoms with van der Waals surface area (Å²) in [5.74, 6) is -0.123. The second-order valence-corrected chi connectivity index (χ2v) is 10.3. The third-order valence-corrected chi connectivity index (χ3v) is 8.03. The Labute approximate surface area is 162 Å². The number of aromatic nitrogens is 2. The fourth-order valence-corrected chi connectivity index (χ4v) is 6.74. The summed E-state index contributed by atoms with van der Waals surface area (Å²) in [5, 5.41) is 3.66. The summed E-state index contributed by atoms with van der Waals surface area (Å²) in [6.07, 6.45) is 3.85. The summed E-state index contributed by atoms with van der Waals surface area (Å²) in [6.45, 7) is 3.59. The fraction of sp³-hybridized carbons (Fsp3) is 0.500. The highest BCUT2D eigenvalue weighted by Gasteiger charge is 2.42. The molecule has 2 atom stereocenters. The number of pyridine rings is 1. The molecule has 1 amide bonds. The number of carbonyl (C=O) groups excluding carboxylic acids is 1. The second kappa shape index (κ2) is 7.29. The van der Waals surface area contributed by atoms with Gasteiger partial charge in [0.1, 0.15) is 9.88 Å². The van der Waals surface area contributed by atoms with Gasteiger partial charge in [-0.25, -0.2) is 13.4 Å². The summed E-state index contributed by atoms with van der Waals surface area (Å²) >= 11 is 1.29. The first-order valence-electron chi connectivity index (χ1n) is 9.07. The Morgan fingerprint density at radius 2 is 2.04 bits per heavy atom. The van der Waals surface area contributed by atoms with Gasteiger partial charge in [-0.2, -0.15) is 0 Å². The van der Waals surface area contributed by atoms with E-state index in [1.165, 1.54) is 11.3 Å². The molecule has 9 heteroatoms. The number of nitrogens with zero attached hydrogens (tertiary/aromatic N) is 3. The van der Waals surface area contributed by atoms with Gasteiger partial charge in [-0.05, 0) is 45.0 Å². The van der Waals surface area contributed by atoms with E-state index in [0.717, 1.165) is 31.6 Å². The highest BCUT2D eigenvalue weighted by atomic mass is 32.2. The molecule has 2 saturated heterocycles. The number of carbonyl (C=O) groups is 1. The van der Waals surface area contributed by atoms with Crippen molar-refractivity contribution in [2.45, 2.75) is 31.8 Å². The van der Waals surface area contributed by atoms with Crippen LogP contribution in [0.3, 0.4) is 0 Å². The van der Waals surface area contributed by atoms with Crippen molar-refractivity contribution in [3.63, 3.8) is 0 Å². The smallest absolute Gasteiger partial charge is 0.263 e. The van der Waals surface area contributed by atoms with Gasteiger partial charge in [0.2, 0.25) is 0 Å². The van der Waals surface area contributed by atoms with Gasteiger partial charge in [0.25, 0.3) is 5.91 Å². The van der Waals surface area contributed by atoms with Crippen molar-refractivity contribution in [3.8, 4) is 10.7 Å². The number of amides is 1. The van der Waals surface area contributed by atoms with E-state index in [2.05, 4.69) is 20.2 Å². The van der Waals surface area contributed by atoms with Crippen LogP contribution >= 0.6 is 11.3 Å². The van der Waals surface area contributed by atoms with Crippen molar-refractivity contribution in [2.24, 2.45) is 0 Å². The first-order chi connectivity index (χ1) is 12.9. The zero-order valence-corrected chi connectivity index (χ0v) is 16.7. The molecule has 27 heavy (non-hydrogen) atoms. The summed E-state index contributed by atoms with van der Waals surface area (Å²) in [5.41, 5.74) is 1.36. The van der Waals surface area contributed by atoms with E-state index in [1.807, 2.05) is 18.2 Å². The minimum absolute atomic E-state index is 0.00482. The molecule has 7 nitrogen and oxygen atoms in total. The molecule has 4 rings (SSSR count). The molecule has 0 aromatic carbocycles. The van der Waals surface area contributed by atoms with Gasteiger partial charge in [0.15, 0.2) is 9.84 Å². The number of aryl methyl sites for hydroxylation is 1. The topological polar surface area (TPSA) is 92.3 Å². The molecular formula is C18H22N4O3S2. The van der Waals surface area contributed by atoms with Crippen LogP contribution in [0.4, 0.5) is 0 Å². The quantitative estimate of drug-likeness (QED) is 0.827. The van der Waals surface area contributed by atoms with Crippen LogP contribution in [-0.2, 0) is 9.84 Å². The van der Waals surface area contributed by atoms with Crippen molar-refractivity contribution < 1.29 is 13.2 Å². The average Bonchev–Trinajstić information content (AvgIpc) is 3.34. The molecule has 0 spiro atoms. The molecule has 2 fully saturated rings. The Morgan fingerprint density at radius 3 is 2.74 bits per heavy atom. The highest BCUT2D eigenvalue weighted by molar-refractivity contribution is 7.91. The van der Waals surface area contributed by atoms with E-state index in [0.29, 0.717) is 15.6 Å². The number of nitrogens with one attached hydrogen (secondary N) is 1. The van der Waals surface area contributed by atoms with Crippen molar-refractivity contribution in [1.82, 2.24) is 20.2 Å². The van der Waals surface area contributed by atoms with E-state index in [4.69, 9.17) is 0 Å². The van der Waals surface area contributed by atoms with Crippen LogP contribution in [0.5, 0.6) is 0 Å². The van der Waals surface area contributed by atoms with Gasteiger partial charge < -0.3 is 5.32 Å². The molecule has 4 heterocycles. The zero-order valence-electron chi connectivity index (χ0n) is 15.1. The molecule has 0 radical (unpaired) electrons. The maximum atomic E-state index is 12.9. The van der Waals surface area contributed by atoms with E-state index in [-0.39, 0.29) is 29.5 Å². The molecule has 0 aliphatic carbocycles. The minimum Gasteiger partial charge on any atom is -0.346 e. The summed E-state index contributed by atoms with van der Waals surface area (Å²) < 4.78 is 24.4. The normalized spacial score (nSPS) is 24.9. The molecule has 1 N–H and O–H groups in total. The Balaban J connectivity index is 1.54. The predicted molar refractivity (Wildman–Crippen MR) is 105 cm³/mol. The van der Waals surface area contributed by atoms with Gasteiger partial charge in [-0.15, -0.1) is 11.3 Å². The number of rotatable bonds is 4. The number of likely N-dealkylation sites (tertiary alicyclic amines) is 1. The first kappa shape index (κ1) is 18.5. The SMILES string of the molecule is Cc1nc(-c2ccccn2)sc1C(=O)NC1CS(=O)(=O)CC1N1CCCC1. The zero-order chi connectivity index (χ0) is 19.0. The molecule has 2 aromatic rings. The van der Waals surface area contributed by atoms with Crippen molar-refractivity contribution in [1.29, 1.82) is 0 Å². The average molecular weight is 407 g/mol. The summed E-state index contributed by atoms with van der Waals surface area (Å²) in [4.78, 5) is 24.3.